The SMILES string of the molecule is COc1ccc(C)cc1/C(O)=C1\C(=O)C(=O)N(c2cccc(C)c2)C1c1c[nH]c2ccccc12. The normalized spacial score (nSPS) is 17.5. The molecular weight excluding hydrogens is 428 g/mol. The van der Waals surface area contributed by atoms with Crippen molar-refractivity contribution in [2.75, 3.05) is 12.0 Å². The zero-order valence-corrected chi connectivity index (χ0v) is 19.1. The Hall–Kier alpha value is -4.32. The Bertz CT molecular complexity index is 1480. The van der Waals surface area contributed by atoms with Crippen molar-refractivity contribution in [1.82, 2.24) is 4.98 Å². The summed E-state index contributed by atoms with van der Waals surface area (Å²) in [4.78, 5) is 31.6. The van der Waals surface area contributed by atoms with Gasteiger partial charge in [-0.15, -0.1) is 0 Å². The molecule has 1 aliphatic rings. The van der Waals surface area contributed by atoms with Crippen LogP contribution in [0, 0.1) is 13.8 Å². The van der Waals surface area contributed by atoms with Crippen LogP contribution in [0.4, 0.5) is 5.69 Å². The van der Waals surface area contributed by atoms with Crippen LogP contribution < -0.4 is 9.64 Å². The predicted molar refractivity (Wildman–Crippen MR) is 132 cm³/mol. The van der Waals surface area contributed by atoms with Gasteiger partial charge in [-0.2, -0.15) is 0 Å². The molecule has 5 rings (SSSR count). The zero-order chi connectivity index (χ0) is 24.0. The van der Waals surface area contributed by atoms with Crippen molar-refractivity contribution in [2.24, 2.45) is 0 Å². The number of ether oxygens (including phenoxy) is 1. The number of aliphatic hydroxyl groups excluding tert-OH is 1. The van der Waals surface area contributed by atoms with Crippen molar-refractivity contribution in [3.05, 3.63) is 101 Å². The second-order valence-electron chi connectivity index (χ2n) is 8.50. The zero-order valence-electron chi connectivity index (χ0n) is 19.1. The molecular formula is C28H24N2O4. The minimum Gasteiger partial charge on any atom is -0.507 e. The maximum atomic E-state index is 13.5. The van der Waals surface area contributed by atoms with Crippen molar-refractivity contribution < 1.29 is 19.4 Å². The Labute approximate surface area is 197 Å². The third-order valence-electron chi connectivity index (χ3n) is 6.25. The van der Waals surface area contributed by atoms with Gasteiger partial charge in [0.2, 0.25) is 0 Å². The number of aromatic amines is 1. The minimum atomic E-state index is -0.817. The van der Waals surface area contributed by atoms with Crippen LogP contribution in [0.2, 0.25) is 0 Å². The summed E-state index contributed by atoms with van der Waals surface area (Å²) in [5, 5.41) is 12.4. The molecule has 1 amide bonds. The van der Waals surface area contributed by atoms with E-state index >= 15 is 0 Å². The van der Waals surface area contributed by atoms with Crippen LogP contribution in [0.5, 0.6) is 5.75 Å². The van der Waals surface area contributed by atoms with Crippen molar-refractivity contribution in [1.29, 1.82) is 0 Å². The fourth-order valence-corrected chi connectivity index (χ4v) is 4.64. The minimum absolute atomic E-state index is 0.0279. The van der Waals surface area contributed by atoms with Gasteiger partial charge in [-0.1, -0.05) is 42.0 Å². The molecule has 6 nitrogen and oxygen atoms in total. The van der Waals surface area contributed by atoms with E-state index in [0.717, 1.165) is 27.6 Å². The maximum Gasteiger partial charge on any atom is 0.300 e. The van der Waals surface area contributed by atoms with Crippen LogP contribution >= 0.6 is 0 Å². The number of hydrogen-bond acceptors (Lipinski definition) is 4. The third-order valence-corrected chi connectivity index (χ3v) is 6.25. The summed E-state index contributed by atoms with van der Waals surface area (Å²) in [6.07, 6.45) is 1.80. The molecule has 1 unspecified atom stereocenters. The summed E-state index contributed by atoms with van der Waals surface area (Å²) in [6.45, 7) is 3.82. The van der Waals surface area contributed by atoms with E-state index in [2.05, 4.69) is 4.98 Å². The molecule has 2 heterocycles. The van der Waals surface area contributed by atoms with E-state index in [-0.39, 0.29) is 11.3 Å². The van der Waals surface area contributed by atoms with E-state index < -0.39 is 17.7 Å². The van der Waals surface area contributed by atoms with Crippen molar-refractivity contribution >= 4 is 34.0 Å². The fourth-order valence-electron chi connectivity index (χ4n) is 4.64. The summed E-state index contributed by atoms with van der Waals surface area (Å²) in [5.41, 5.74) is 4.43. The van der Waals surface area contributed by atoms with Crippen LogP contribution in [0.15, 0.2) is 78.5 Å². The molecule has 170 valence electrons. The van der Waals surface area contributed by atoms with E-state index in [1.165, 1.54) is 12.0 Å². The molecule has 0 saturated carbocycles. The van der Waals surface area contributed by atoms with Crippen LogP contribution in [0.25, 0.3) is 16.7 Å². The molecule has 2 N–H and O–H groups in total. The van der Waals surface area contributed by atoms with E-state index in [1.54, 1.807) is 24.4 Å². The monoisotopic (exact) mass is 452 g/mol. The number of Topliss-reactive ketones (excluding diaryl/α,β-unsaturated/α-hetero) is 1. The Morgan fingerprint density at radius 1 is 0.971 bits per heavy atom. The molecule has 1 aliphatic heterocycles. The summed E-state index contributed by atoms with van der Waals surface area (Å²) < 4.78 is 5.46. The lowest BCUT2D eigenvalue weighted by atomic mass is 9.94. The van der Waals surface area contributed by atoms with Crippen LogP contribution in [0.1, 0.15) is 28.3 Å². The number of H-pyrrole nitrogens is 1. The van der Waals surface area contributed by atoms with Crippen LogP contribution in [-0.2, 0) is 9.59 Å². The van der Waals surface area contributed by atoms with Crippen molar-refractivity contribution in [2.45, 2.75) is 19.9 Å². The lowest BCUT2D eigenvalue weighted by Crippen LogP contribution is -2.29. The second-order valence-corrected chi connectivity index (χ2v) is 8.50. The second kappa shape index (κ2) is 8.23. The molecule has 0 radical (unpaired) electrons. The number of nitrogens with one attached hydrogen (secondary N) is 1. The van der Waals surface area contributed by atoms with Gasteiger partial charge < -0.3 is 14.8 Å². The Morgan fingerprint density at radius 2 is 1.74 bits per heavy atom. The lowest BCUT2D eigenvalue weighted by Gasteiger charge is -2.25. The first-order valence-electron chi connectivity index (χ1n) is 11.0. The number of aromatic nitrogens is 1. The molecule has 1 aromatic heterocycles. The van der Waals surface area contributed by atoms with Gasteiger partial charge in [0.1, 0.15) is 11.5 Å². The first-order chi connectivity index (χ1) is 16.4. The largest absolute Gasteiger partial charge is 0.507 e. The topological polar surface area (TPSA) is 82.6 Å². The number of benzene rings is 3. The molecule has 1 saturated heterocycles. The Morgan fingerprint density at radius 3 is 2.50 bits per heavy atom. The highest BCUT2D eigenvalue weighted by atomic mass is 16.5. The molecule has 4 aromatic rings. The molecule has 0 spiro atoms. The number of methoxy groups -OCH3 is 1. The molecule has 1 atom stereocenters. The quantitative estimate of drug-likeness (QED) is 0.246. The Balaban J connectivity index is 1.82. The number of aryl methyl sites for hydroxylation is 2. The number of carbonyl (C=O) groups is 2. The predicted octanol–water partition coefficient (Wildman–Crippen LogP) is 5.42. The van der Waals surface area contributed by atoms with Gasteiger partial charge >= 0.3 is 0 Å². The number of ketones is 1. The summed E-state index contributed by atoms with van der Waals surface area (Å²) >= 11 is 0. The number of para-hydroxylation sites is 1. The van der Waals surface area contributed by atoms with Gasteiger partial charge in [0.15, 0.2) is 0 Å². The average molecular weight is 453 g/mol. The van der Waals surface area contributed by atoms with E-state index in [9.17, 15) is 14.7 Å². The van der Waals surface area contributed by atoms with Gasteiger partial charge in [0.05, 0.1) is 24.3 Å². The average Bonchev–Trinajstić information content (AvgIpc) is 3.37. The smallest absolute Gasteiger partial charge is 0.300 e. The highest BCUT2D eigenvalue weighted by Crippen LogP contribution is 2.45. The number of anilines is 1. The fraction of sp³-hybridized carbons (Fsp3) is 0.143. The van der Waals surface area contributed by atoms with Gasteiger partial charge in [-0.3, -0.25) is 14.5 Å². The van der Waals surface area contributed by atoms with Gasteiger partial charge in [0.25, 0.3) is 11.7 Å². The highest BCUT2D eigenvalue weighted by molar-refractivity contribution is 6.52. The summed E-state index contributed by atoms with van der Waals surface area (Å²) in [6, 6.07) is 19.7. The molecule has 1 fully saturated rings. The number of amides is 1. The molecule has 0 aliphatic carbocycles. The third kappa shape index (κ3) is 3.35. The number of aliphatic hydroxyl groups is 1. The van der Waals surface area contributed by atoms with Gasteiger partial charge in [0, 0.05) is 28.4 Å². The first kappa shape index (κ1) is 21.5. The van der Waals surface area contributed by atoms with Crippen molar-refractivity contribution in [3.63, 3.8) is 0 Å². The van der Waals surface area contributed by atoms with Gasteiger partial charge in [-0.25, -0.2) is 0 Å². The summed E-state index contributed by atoms with van der Waals surface area (Å²) in [7, 11) is 1.50. The Kier molecular flexibility index (Phi) is 5.21. The number of hydrogen-bond donors (Lipinski definition) is 2. The van der Waals surface area contributed by atoms with Crippen molar-refractivity contribution in [3.8, 4) is 5.75 Å². The molecule has 0 bridgehead atoms. The molecule has 6 heteroatoms. The first-order valence-corrected chi connectivity index (χ1v) is 11.0. The van der Waals surface area contributed by atoms with Gasteiger partial charge in [-0.05, 0) is 49.7 Å². The van der Waals surface area contributed by atoms with E-state index in [0.29, 0.717) is 17.0 Å². The maximum absolute atomic E-state index is 13.5. The number of nitrogens with zero attached hydrogens (tertiary/aromatic N) is 1. The van der Waals surface area contributed by atoms with Crippen LogP contribution in [0.3, 0.4) is 0 Å². The number of fused-ring (bicyclic) bond motifs is 1. The standard InChI is InChI=1S/C28H24N2O4/c1-16-7-6-8-18(13-16)30-25(21-15-29-22-10-5-4-9-19(21)22)24(27(32)28(30)33)26(31)20-14-17(2)11-12-23(20)34-3/h4-15,25,29,31H,1-3H3/b26-24+. The highest BCUT2D eigenvalue weighted by Gasteiger charge is 2.48. The molecule has 3 aromatic carbocycles. The number of carbonyl (C=O) groups excluding carboxylic acids is 2. The summed E-state index contributed by atoms with van der Waals surface area (Å²) in [5.74, 6) is -1.27. The molecule has 34 heavy (non-hydrogen) atoms. The number of rotatable bonds is 4. The lowest BCUT2D eigenvalue weighted by molar-refractivity contribution is -0.132. The van der Waals surface area contributed by atoms with Crippen LogP contribution in [-0.4, -0.2) is 28.9 Å². The van der Waals surface area contributed by atoms with E-state index in [4.69, 9.17) is 4.74 Å². The van der Waals surface area contributed by atoms with E-state index in [1.807, 2.05) is 62.4 Å².